The highest BCUT2D eigenvalue weighted by Gasteiger charge is 2.21. The Hall–Kier alpha value is -1.19. The van der Waals surface area contributed by atoms with Crippen molar-refractivity contribution in [3.05, 3.63) is 39.7 Å². The number of nitrogens with one attached hydrogen (secondary N) is 1. The molecule has 9 heteroatoms. The molecular formula is C10H7BrF2N2O2S2. The smallest absolute Gasteiger partial charge is 0.272 e. The van der Waals surface area contributed by atoms with Gasteiger partial charge < -0.3 is 5.73 Å². The molecule has 0 atom stereocenters. The highest BCUT2D eigenvalue weighted by Crippen LogP contribution is 2.30. The van der Waals surface area contributed by atoms with Crippen molar-refractivity contribution in [3.8, 4) is 0 Å². The molecule has 3 N–H and O–H groups in total. The van der Waals surface area contributed by atoms with E-state index in [1.165, 1.54) is 0 Å². The van der Waals surface area contributed by atoms with Gasteiger partial charge in [-0.3, -0.25) is 4.72 Å². The molecule has 2 aromatic rings. The van der Waals surface area contributed by atoms with Crippen molar-refractivity contribution in [3.63, 3.8) is 0 Å². The lowest BCUT2D eigenvalue weighted by molar-refractivity contribution is 0.585. The van der Waals surface area contributed by atoms with Gasteiger partial charge in [-0.2, -0.15) is 0 Å². The fourth-order valence-corrected chi connectivity index (χ4v) is 4.70. The van der Waals surface area contributed by atoms with E-state index in [0.717, 1.165) is 17.4 Å². The number of thiophene rings is 1. The van der Waals surface area contributed by atoms with Crippen LogP contribution in [-0.2, 0) is 10.0 Å². The normalized spacial score (nSPS) is 11.5. The maximum atomic E-state index is 13.5. The van der Waals surface area contributed by atoms with Crippen LogP contribution < -0.4 is 10.5 Å². The minimum atomic E-state index is -3.95. The lowest BCUT2D eigenvalue weighted by atomic mass is 10.2. The van der Waals surface area contributed by atoms with Crippen molar-refractivity contribution >= 4 is 48.7 Å². The monoisotopic (exact) mass is 368 g/mol. The lowest BCUT2D eigenvalue weighted by Gasteiger charge is -2.09. The van der Waals surface area contributed by atoms with E-state index in [1.807, 2.05) is 4.72 Å². The number of benzene rings is 1. The minimum absolute atomic E-state index is 0.00482. The predicted octanol–water partition coefficient (Wildman–Crippen LogP) is 3.17. The summed E-state index contributed by atoms with van der Waals surface area (Å²) in [7, 11) is -3.95. The van der Waals surface area contributed by atoms with E-state index in [9.17, 15) is 17.2 Å². The SMILES string of the molecule is Nc1cc(NS(=O)(=O)c2sccc2Br)c(F)cc1F. The maximum Gasteiger partial charge on any atom is 0.272 e. The van der Waals surface area contributed by atoms with Crippen LogP contribution in [0.15, 0.2) is 32.3 Å². The number of nitrogens with two attached hydrogens (primary N) is 1. The van der Waals surface area contributed by atoms with E-state index in [-0.39, 0.29) is 9.90 Å². The van der Waals surface area contributed by atoms with Crippen LogP contribution in [0.3, 0.4) is 0 Å². The molecule has 0 aliphatic rings. The van der Waals surface area contributed by atoms with E-state index in [1.54, 1.807) is 11.4 Å². The average Bonchev–Trinajstić information content (AvgIpc) is 2.73. The molecule has 0 amide bonds. The molecular weight excluding hydrogens is 362 g/mol. The largest absolute Gasteiger partial charge is 0.396 e. The summed E-state index contributed by atoms with van der Waals surface area (Å²) in [6, 6.07) is 2.97. The van der Waals surface area contributed by atoms with Crippen LogP contribution >= 0.6 is 27.3 Å². The molecule has 102 valence electrons. The molecule has 0 fully saturated rings. The zero-order valence-corrected chi connectivity index (χ0v) is 12.4. The zero-order valence-electron chi connectivity index (χ0n) is 9.15. The summed E-state index contributed by atoms with van der Waals surface area (Å²) in [5.41, 5.74) is 4.53. The Balaban J connectivity index is 2.42. The second-order valence-electron chi connectivity index (χ2n) is 3.52. The molecule has 1 aromatic carbocycles. The predicted molar refractivity (Wildman–Crippen MR) is 73.6 cm³/mol. The first-order valence-electron chi connectivity index (χ1n) is 4.81. The first kappa shape index (κ1) is 14.2. The maximum absolute atomic E-state index is 13.5. The van der Waals surface area contributed by atoms with Gasteiger partial charge in [-0.1, -0.05) is 0 Å². The third kappa shape index (κ3) is 2.88. The Morgan fingerprint density at radius 3 is 2.53 bits per heavy atom. The van der Waals surface area contributed by atoms with Crippen molar-refractivity contribution in [1.82, 2.24) is 0 Å². The summed E-state index contributed by atoms with van der Waals surface area (Å²) in [5.74, 6) is -1.99. The van der Waals surface area contributed by atoms with Gasteiger partial charge in [-0.05, 0) is 33.4 Å². The Morgan fingerprint density at radius 1 is 1.26 bits per heavy atom. The number of rotatable bonds is 3. The second-order valence-corrected chi connectivity index (χ2v) is 7.16. The van der Waals surface area contributed by atoms with Crippen LogP contribution in [-0.4, -0.2) is 8.42 Å². The van der Waals surface area contributed by atoms with Gasteiger partial charge in [0.15, 0.2) is 4.21 Å². The minimum Gasteiger partial charge on any atom is -0.396 e. The Bertz CT molecular complexity index is 731. The van der Waals surface area contributed by atoms with E-state index in [0.29, 0.717) is 10.5 Å². The Labute approximate surface area is 120 Å². The topological polar surface area (TPSA) is 72.2 Å². The number of anilines is 2. The van der Waals surface area contributed by atoms with Crippen LogP contribution in [0.1, 0.15) is 0 Å². The fraction of sp³-hybridized carbons (Fsp3) is 0. The Kier molecular flexibility index (Phi) is 3.79. The Morgan fingerprint density at radius 2 is 1.95 bits per heavy atom. The van der Waals surface area contributed by atoms with Crippen LogP contribution in [0.4, 0.5) is 20.2 Å². The summed E-state index contributed by atoms with van der Waals surface area (Å²) in [6.45, 7) is 0. The number of nitrogen functional groups attached to an aromatic ring is 1. The fourth-order valence-electron chi connectivity index (χ4n) is 1.31. The molecule has 0 saturated heterocycles. The molecule has 0 aliphatic heterocycles. The average molecular weight is 369 g/mol. The van der Waals surface area contributed by atoms with E-state index in [4.69, 9.17) is 5.73 Å². The summed E-state index contributed by atoms with van der Waals surface area (Å²) in [4.78, 5) is 0. The van der Waals surface area contributed by atoms with Gasteiger partial charge in [-0.15, -0.1) is 11.3 Å². The van der Waals surface area contributed by atoms with E-state index < -0.39 is 27.3 Å². The van der Waals surface area contributed by atoms with E-state index >= 15 is 0 Å². The molecule has 0 unspecified atom stereocenters. The number of sulfonamides is 1. The van der Waals surface area contributed by atoms with Crippen molar-refractivity contribution < 1.29 is 17.2 Å². The lowest BCUT2D eigenvalue weighted by Crippen LogP contribution is -2.13. The van der Waals surface area contributed by atoms with Crippen molar-refractivity contribution in [2.24, 2.45) is 0 Å². The van der Waals surface area contributed by atoms with Gasteiger partial charge in [0.25, 0.3) is 10.0 Å². The zero-order chi connectivity index (χ0) is 14.2. The number of hydrogen-bond acceptors (Lipinski definition) is 4. The third-order valence-electron chi connectivity index (χ3n) is 2.16. The standard InChI is InChI=1S/C10H7BrF2N2O2S2/c11-5-1-2-18-10(5)19(16,17)15-9-4-8(14)6(12)3-7(9)13/h1-4,15H,14H2. The van der Waals surface area contributed by atoms with Gasteiger partial charge in [0.2, 0.25) is 0 Å². The number of hydrogen-bond donors (Lipinski definition) is 2. The molecule has 0 saturated carbocycles. The molecule has 0 radical (unpaired) electrons. The van der Waals surface area contributed by atoms with Gasteiger partial charge in [-0.25, -0.2) is 17.2 Å². The summed E-state index contributed by atoms with van der Waals surface area (Å²) in [5, 5.41) is 1.56. The first-order valence-corrected chi connectivity index (χ1v) is 7.97. The summed E-state index contributed by atoms with van der Waals surface area (Å²) in [6.07, 6.45) is 0. The van der Waals surface area contributed by atoms with Crippen molar-refractivity contribution in [2.45, 2.75) is 4.21 Å². The molecule has 2 rings (SSSR count). The van der Waals surface area contributed by atoms with Gasteiger partial charge in [0.05, 0.1) is 11.4 Å². The van der Waals surface area contributed by atoms with Crippen LogP contribution in [0.25, 0.3) is 0 Å². The first-order chi connectivity index (χ1) is 8.81. The van der Waals surface area contributed by atoms with Crippen molar-refractivity contribution in [2.75, 3.05) is 10.5 Å². The van der Waals surface area contributed by atoms with E-state index in [2.05, 4.69) is 15.9 Å². The van der Waals surface area contributed by atoms with Gasteiger partial charge in [0.1, 0.15) is 11.6 Å². The molecule has 1 heterocycles. The molecule has 0 spiro atoms. The number of halogens is 3. The van der Waals surface area contributed by atoms with Crippen LogP contribution in [0, 0.1) is 11.6 Å². The van der Waals surface area contributed by atoms with Crippen LogP contribution in [0.2, 0.25) is 0 Å². The highest BCUT2D eigenvalue weighted by atomic mass is 79.9. The quantitative estimate of drug-likeness (QED) is 0.817. The highest BCUT2D eigenvalue weighted by molar-refractivity contribution is 9.10. The van der Waals surface area contributed by atoms with Crippen molar-refractivity contribution in [1.29, 1.82) is 0 Å². The molecule has 4 nitrogen and oxygen atoms in total. The van der Waals surface area contributed by atoms with Gasteiger partial charge >= 0.3 is 0 Å². The van der Waals surface area contributed by atoms with Gasteiger partial charge in [0, 0.05) is 10.5 Å². The summed E-state index contributed by atoms with van der Waals surface area (Å²) < 4.78 is 52.8. The second kappa shape index (κ2) is 5.06. The van der Waals surface area contributed by atoms with Crippen LogP contribution in [0.5, 0.6) is 0 Å². The summed E-state index contributed by atoms with van der Waals surface area (Å²) >= 11 is 4.04. The molecule has 1 aromatic heterocycles. The third-order valence-corrected chi connectivity index (χ3v) is 6.19. The molecule has 0 bridgehead atoms. The molecule has 19 heavy (non-hydrogen) atoms. The molecule has 0 aliphatic carbocycles.